The van der Waals surface area contributed by atoms with E-state index in [2.05, 4.69) is 9.02 Å². The highest BCUT2D eigenvalue weighted by Crippen LogP contribution is 2.15. The van der Waals surface area contributed by atoms with Gasteiger partial charge in [0, 0.05) is 0 Å². The molecule has 1 rings (SSSR count). The Morgan fingerprint density at radius 2 is 1.52 bits per heavy atom. The number of hydrogen-bond donors (Lipinski definition) is 4. The minimum absolute atomic E-state index is 0.167. The molecule has 0 saturated heterocycles. The molecule has 0 aliphatic rings. The zero-order valence-corrected chi connectivity index (χ0v) is 13.9. The van der Waals surface area contributed by atoms with E-state index in [1.807, 2.05) is 0 Å². The minimum atomic E-state index is -4.20. The van der Waals surface area contributed by atoms with Gasteiger partial charge in [-0.05, 0) is 19.1 Å². The summed E-state index contributed by atoms with van der Waals surface area (Å²) in [5, 5.41) is 47.1. The van der Waals surface area contributed by atoms with Gasteiger partial charge < -0.3 is 25.3 Å². The van der Waals surface area contributed by atoms with Crippen LogP contribution in [0.5, 0.6) is 0 Å². The van der Waals surface area contributed by atoms with Gasteiger partial charge in [-0.1, -0.05) is 17.7 Å². The molecule has 4 N–H and O–H groups in total. The van der Waals surface area contributed by atoms with Gasteiger partial charge in [0.1, 0.15) is 31.0 Å². The summed E-state index contributed by atoms with van der Waals surface area (Å²) in [6, 6.07) is 5.66. The summed E-state index contributed by atoms with van der Waals surface area (Å²) in [7, 11) is -4.20. The van der Waals surface area contributed by atoms with Gasteiger partial charge in [0.05, 0.1) is 11.5 Å². The largest absolute Gasteiger partial charge is 0.388 e. The lowest BCUT2D eigenvalue weighted by Gasteiger charge is -2.25. The number of hydrogen-bond acceptors (Lipinski definition) is 10. The third-order valence-electron chi connectivity index (χ3n) is 3.19. The maximum absolute atomic E-state index is 11.9. The molecule has 4 atom stereocenters. The Bertz CT molecular complexity index is 662. The summed E-state index contributed by atoms with van der Waals surface area (Å²) in [5.41, 5.74) is 0.823. The van der Waals surface area contributed by atoms with E-state index >= 15 is 0 Å². The van der Waals surface area contributed by atoms with Crippen molar-refractivity contribution in [3.63, 3.8) is 0 Å². The maximum atomic E-state index is 11.9. The summed E-state index contributed by atoms with van der Waals surface area (Å²) in [6.45, 7) is -0.0928. The summed E-state index contributed by atoms with van der Waals surface area (Å²) in [5.74, 6) is 0. The summed E-state index contributed by atoms with van der Waals surface area (Å²) in [4.78, 5) is 13.7. The number of benzene rings is 1. The molecule has 0 fully saturated rings. The van der Waals surface area contributed by atoms with Crippen LogP contribution in [0, 0.1) is 17.0 Å². The number of rotatable bonds is 10. The molecule has 0 heterocycles. The van der Waals surface area contributed by atoms with E-state index in [4.69, 9.17) is 0 Å². The highest BCUT2D eigenvalue weighted by Gasteiger charge is 2.32. The normalized spacial score (nSPS) is 16.7. The van der Waals surface area contributed by atoms with Gasteiger partial charge in [-0.2, -0.15) is 8.42 Å². The molecule has 1 aromatic rings. The average Bonchev–Trinajstić information content (AvgIpc) is 2.56. The summed E-state index contributed by atoms with van der Waals surface area (Å²) < 4.78 is 28.5. The first kappa shape index (κ1) is 21.2. The van der Waals surface area contributed by atoms with E-state index in [-0.39, 0.29) is 4.90 Å². The van der Waals surface area contributed by atoms with Crippen LogP contribution in [-0.2, 0) is 19.1 Å². The molecule has 1 aromatic carbocycles. The van der Waals surface area contributed by atoms with Crippen LogP contribution < -0.4 is 0 Å². The van der Waals surface area contributed by atoms with Gasteiger partial charge in [0.25, 0.3) is 15.2 Å². The quantitative estimate of drug-likeness (QED) is 0.209. The molecule has 0 unspecified atom stereocenters. The van der Waals surface area contributed by atoms with E-state index in [9.17, 15) is 39.0 Å². The van der Waals surface area contributed by atoms with Crippen molar-refractivity contribution in [2.24, 2.45) is 0 Å². The lowest BCUT2D eigenvalue weighted by atomic mass is 10.0. The van der Waals surface area contributed by atoms with E-state index in [0.717, 1.165) is 5.56 Å². The summed E-state index contributed by atoms with van der Waals surface area (Å²) >= 11 is 0. The predicted octanol–water partition coefficient (Wildman–Crippen LogP) is -1.65. The van der Waals surface area contributed by atoms with Crippen molar-refractivity contribution in [1.82, 2.24) is 0 Å². The fourth-order valence-electron chi connectivity index (χ4n) is 1.72. The average molecular weight is 381 g/mol. The van der Waals surface area contributed by atoms with Crippen molar-refractivity contribution in [3.8, 4) is 0 Å². The van der Waals surface area contributed by atoms with Crippen molar-refractivity contribution in [2.75, 3.05) is 13.2 Å². The molecule has 0 amide bonds. The fourth-order valence-corrected chi connectivity index (χ4v) is 2.65. The van der Waals surface area contributed by atoms with Crippen LogP contribution >= 0.6 is 0 Å². The minimum Gasteiger partial charge on any atom is -0.388 e. The van der Waals surface area contributed by atoms with Crippen molar-refractivity contribution in [2.45, 2.75) is 36.2 Å². The van der Waals surface area contributed by atoms with Crippen LogP contribution in [0.1, 0.15) is 5.56 Å². The first-order valence-electron chi connectivity index (χ1n) is 7.00. The van der Waals surface area contributed by atoms with E-state index in [1.165, 1.54) is 24.3 Å². The smallest absolute Gasteiger partial charge is 0.297 e. The second-order valence-electron chi connectivity index (χ2n) is 5.19. The van der Waals surface area contributed by atoms with Gasteiger partial charge in [-0.25, -0.2) is 0 Å². The molecule has 0 aromatic heterocycles. The third-order valence-corrected chi connectivity index (χ3v) is 4.49. The summed E-state index contributed by atoms with van der Waals surface area (Å²) in [6.07, 6.45) is -7.83. The third kappa shape index (κ3) is 6.53. The van der Waals surface area contributed by atoms with Crippen LogP contribution in [0.25, 0.3) is 0 Å². The lowest BCUT2D eigenvalue weighted by Crippen LogP contribution is -2.48. The molecule has 0 saturated carbocycles. The van der Waals surface area contributed by atoms with Crippen molar-refractivity contribution in [3.05, 3.63) is 39.9 Å². The Morgan fingerprint density at radius 1 is 1.04 bits per heavy atom. The van der Waals surface area contributed by atoms with Crippen LogP contribution in [0.3, 0.4) is 0 Å². The number of aliphatic hydroxyl groups excluding tert-OH is 4. The first-order chi connectivity index (χ1) is 11.5. The number of aryl methyl sites for hydroxylation is 1. The van der Waals surface area contributed by atoms with Gasteiger partial charge in [-0.15, -0.1) is 10.1 Å². The number of nitrogens with zero attached hydrogens (tertiary/aromatic N) is 1. The van der Waals surface area contributed by atoms with E-state index in [0.29, 0.717) is 0 Å². The Kier molecular flexibility index (Phi) is 7.66. The van der Waals surface area contributed by atoms with Crippen LogP contribution in [0.4, 0.5) is 0 Å². The van der Waals surface area contributed by atoms with Gasteiger partial charge in [0.15, 0.2) is 0 Å². The lowest BCUT2D eigenvalue weighted by molar-refractivity contribution is -0.759. The van der Waals surface area contributed by atoms with Gasteiger partial charge in [-0.3, -0.25) is 4.18 Å². The van der Waals surface area contributed by atoms with Crippen molar-refractivity contribution in [1.29, 1.82) is 0 Å². The predicted molar refractivity (Wildman–Crippen MR) is 81.3 cm³/mol. The molecular formula is C13H19NO10S. The molecule has 25 heavy (non-hydrogen) atoms. The molecule has 12 heteroatoms. The molecule has 0 spiro atoms. The monoisotopic (exact) mass is 381 g/mol. The molecular weight excluding hydrogens is 362 g/mol. The Labute approximate surface area is 143 Å². The van der Waals surface area contributed by atoms with Gasteiger partial charge >= 0.3 is 0 Å². The molecule has 0 aliphatic carbocycles. The Balaban J connectivity index is 2.60. The topological polar surface area (TPSA) is 177 Å². The first-order valence-corrected chi connectivity index (χ1v) is 8.41. The Morgan fingerprint density at radius 3 is 2.00 bits per heavy atom. The fraction of sp³-hybridized carbons (Fsp3) is 0.538. The van der Waals surface area contributed by atoms with Crippen molar-refractivity contribution >= 4 is 10.1 Å². The molecule has 0 radical (unpaired) electrons. The second kappa shape index (κ2) is 9.03. The van der Waals surface area contributed by atoms with Crippen LogP contribution in [0.15, 0.2) is 29.2 Å². The molecule has 142 valence electrons. The molecule has 11 nitrogen and oxygen atoms in total. The van der Waals surface area contributed by atoms with Crippen LogP contribution in [-0.4, -0.2) is 71.6 Å². The van der Waals surface area contributed by atoms with Crippen LogP contribution in [0.2, 0.25) is 0 Å². The standard InChI is InChI=1S/C13H19NO10S/c1-8-2-4-9(5-3-8)25(21,22)24-7-11(16)13(18)12(17)10(15)6-23-14(19)20/h2-5,10-13,15-18H,6-7H2,1H3/t10-,11-,12-,13-/m1/s1. The SMILES string of the molecule is Cc1ccc(S(=O)(=O)OC[C@@H](O)[C@@H](O)[C@H](O)[C@H](O)CO[N+](=O)[O-])cc1. The highest BCUT2D eigenvalue weighted by molar-refractivity contribution is 7.86. The van der Waals surface area contributed by atoms with Gasteiger partial charge in [0.2, 0.25) is 0 Å². The molecule has 0 aliphatic heterocycles. The Hall–Kier alpha value is -1.83. The van der Waals surface area contributed by atoms with E-state index < -0.39 is 52.8 Å². The van der Waals surface area contributed by atoms with Crippen molar-refractivity contribution < 1.29 is 43.0 Å². The molecule has 0 bridgehead atoms. The zero-order chi connectivity index (χ0) is 19.2. The highest BCUT2D eigenvalue weighted by atomic mass is 32.2. The second-order valence-corrected chi connectivity index (χ2v) is 6.80. The zero-order valence-electron chi connectivity index (χ0n) is 13.1. The maximum Gasteiger partial charge on any atom is 0.297 e. The number of aliphatic hydroxyl groups is 4. The van der Waals surface area contributed by atoms with E-state index in [1.54, 1.807) is 6.92 Å².